The summed E-state index contributed by atoms with van der Waals surface area (Å²) in [5.41, 5.74) is 0.983. The monoisotopic (exact) mass is 288 g/mol. The van der Waals surface area contributed by atoms with Crippen molar-refractivity contribution in [2.45, 2.75) is 13.0 Å². The van der Waals surface area contributed by atoms with Crippen LogP contribution in [0.5, 0.6) is 11.5 Å². The molecule has 0 saturated carbocycles. The van der Waals surface area contributed by atoms with Gasteiger partial charge >= 0.3 is 0 Å². The van der Waals surface area contributed by atoms with Crippen molar-refractivity contribution < 1.29 is 9.47 Å². The van der Waals surface area contributed by atoms with Gasteiger partial charge in [-0.15, -0.1) is 0 Å². The Morgan fingerprint density at radius 3 is 3.10 bits per heavy atom. The van der Waals surface area contributed by atoms with Gasteiger partial charge in [-0.2, -0.15) is 0 Å². The second kappa shape index (κ2) is 4.49. The summed E-state index contributed by atoms with van der Waals surface area (Å²) in [6, 6.07) is 5.68. The van der Waals surface area contributed by atoms with E-state index in [1.807, 2.05) is 24.3 Å². The van der Waals surface area contributed by atoms with Gasteiger partial charge in [-0.25, -0.2) is 0 Å². The Labute approximate surface area is 118 Å². The first-order chi connectivity index (χ1) is 9.81. The van der Waals surface area contributed by atoms with Gasteiger partial charge in [-0.3, -0.25) is 14.4 Å². The molecule has 0 amide bonds. The molecule has 3 heterocycles. The second-order valence-electron chi connectivity index (χ2n) is 4.70. The standard InChI is InChI=1S/C14H12N2O3S/c17-13-12(20-14-15-4-1-5-16(13)14)7-9-2-3-10-11(6-9)19-8-18-10/h2-3,6-7H,1,4-5,8H2/b12-7-. The molecule has 20 heavy (non-hydrogen) atoms. The number of fused-ring (bicyclic) bond motifs is 2. The Morgan fingerprint density at radius 2 is 2.20 bits per heavy atom. The highest BCUT2D eigenvalue weighted by molar-refractivity contribution is 7.07. The number of nitrogens with zero attached hydrogens (tertiary/aromatic N) is 2. The molecule has 0 N–H and O–H groups in total. The van der Waals surface area contributed by atoms with Gasteiger partial charge in [0.1, 0.15) is 0 Å². The summed E-state index contributed by atoms with van der Waals surface area (Å²) in [6.07, 6.45) is 2.82. The molecule has 0 unspecified atom stereocenters. The smallest absolute Gasteiger partial charge is 0.270 e. The molecule has 2 aromatic rings. The van der Waals surface area contributed by atoms with Gasteiger partial charge in [0.2, 0.25) is 6.79 Å². The molecule has 0 saturated heterocycles. The number of hydrogen-bond acceptors (Lipinski definition) is 5. The number of benzene rings is 1. The zero-order chi connectivity index (χ0) is 13.5. The molecule has 5 nitrogen and oxygen atoms in total. The van der Waals surface area contributed by atoms with Crippen LogP contribution < -0.4 is 24.4 Å². The van der Waals surface area contributed by atoms with E-state index in [4.69, 9.17) is 9.47 Å². The van der Waals surface area contributed by atoms with Crippen molar-refractivity contribution in [3.05, 3.63) is 43.5 Å². The molecule has 4 rings (SSSR count). The second-order valence-corrected chi connectivity index (χ2v) is 5.71. The van der Waals surface area contributed by atoms with E-state index in [9.17, 15) is 4.79 Å². The highest BCUT2D eigenvalue weighted by Gasteiger charge is 2.13. The molecule has 0 bridgehead atoms. The van der Waals surface area contributed by atoms with E-state index in [0.717, 1.165) is 41.4 Å². The molecule has 2 aliphatic heterocycles. The highest BCUT2D eigenvalue weighted by Crippen LogP contribution is 2.32. The van der Waals surface area contributed by atoms with E-state index >= 15 is 0 Å². The van der Waals surface area contributed by atoms with Gasteiger partial charge in [-0.1, -0.05) is 17.4 Å². The van der Waals surface area contributed by atoms with Crippen molar-refractivity contribution in [3.63, 3.8) is 0 Å². The average molecular weight is 288 g/mol. The predicted octanol–water partition coefficient (Wildman–Crippen LogP) is 0.491. The Balaban J connectivity index is 1.85. The van der Waals surface area contributed by atoms with Gasteiger partial charge in [-0.05, 0) is 30.2 Å². The molecular weight excluding hydrogens is 276 g/mol. The topological polar surface area (TPSA) is 52.8 Å². The third-order valence-electron chi connectivity index (χ3n) is 3.37. The van der Waals surface area contributed by atoms with Crippen LogP contribution in [-0.4, -0.2) is 17.9 Å². The van der Waals surface area contributed by atoms with E-state index in [1.54, 1.807) is 4.57 Å². The maximum atomic E-state index is 12.3. The van der Waals surface area contributed by atoms with Crippen molar-refractivity contribution in [3.8, 4) is 11.5 Å². The Morgan fingerprint density at radius 1 is 1.30 bits per heavy atom. The van der Waals surface area contributed by atoms with Crippen LogP contribution in [0.3, 0.4) is 0 Å². The summed E-state index contributed by atoms with van der Waals surface area (Å²) < 4.78 is 13.1. The van der Waals surface area contributed by atoms with Gasteiger partial charge < -0.3 is 9.47 Å². The van der Waals surface area contributed by atoms with E-state index in [0.29, 0.717) is 4.53 Å². The quantitative estimate of drug-likeness (QED) is 0.767. The lowest BCUT2D eigenvalue weighted by Gasteiger charge is -2.03. The third-order valence-corrected chi connectivity index (χ3v) is 4.41. The zero-order valence-electron chi connectivity index (χ0n) is 10.7. The maximum absolute atomic E-state index is 12.3. The number of thiazole rings is 1. The molecule has 2 aliphatic rings. The minimum Gasteiger partial charge on any atom is -0.454 e. The Hall–Kier alpha value is -2.08. The van der Waals surface area contributed by atoms with Crippen molar-refractivity contribution in [1.82, 2.24) is 4.57 Å². The van der Waals surface area contributed by atoms with E-state index in [1.165, 1.54) is 11.3 Å². The van der Waals surface area contributed by atoms with Crippen molar-refractivity contribution in [2.24, 2.45) is 4.99 Å². The Kier molecular flexibility index (Phi) is 2.63. The normalized spacial score (nSPS) is 16.9. The third kappa shape index (κ3) is 1.84. The molecule has 0 radical (unpaired) electrons. The fourth-order valence-corrected chi connectivity index (χ4v) is 3.41. The first kappa shape index (κ1) is 11.7. The van der Waals surface area contributed by atoms with Gasteiger partial charge in [0.25, 0.3) is 5.56 Å². The van der Waals surface area contributed by atoms with Crippen LogP contribution in [0.15, 0.2) is 28.0 Å². The molecule has 0 fully saturated rings. The fourth-order valence-electron chi connectivity index (χ4n) is 2.38. The van der Waals surface area contributed by atoms with Crippen LogP contribution in [0.1, 0.15) is 12.0 Å². The molecular formula is C14H12N2O3S. The van der Waals surface area contributed by atoms with Crippen molar-refractivity contribution in [1.29, 1.82) is 0 Å². The first-order valence-electron chi connectivity index (χ1n) is 6.47. The minimum absolute atomic E-state index is 0.0473. The fraction of sp³-hybridized carbons (Fsp3) is 0.286. The average Bonchev–Trinajstić information content (AvgIpc) is 3.05. The lowest BCUT2D eigenvalue weighted by Crippen LogP contribution is -2.33. The Bertz CT molecular complexity index is 850. The van der Waals surface area contributed by atoms with E-state index in [2.05, 4.69) is 4.99 Å². The lowest BCUT2D eigenvalue weighted by atomic mass is 10.2. The van der Waals surface area contributed by atoms with Crippen LogP contribution >= 0.6 is 11.3 Å². The molecule has 0 atom stereocenters. The molecule has 1 aromatic heterocycles. The lowest BCUT2D eigenvalue weighted by molar-refractivity contribution is 0.174. The van der Waals surface area contributed by atoms with Crippen LogP contribution in [0, 0.1) is 0 Å². The largest absolute Gasteiger partial charge is 0.454 e. The first-order valence-corrected chi connectivity index (χ1v) is 7.28. The zero-order valence-corrected chi connectivity index (χ0v) is 11.5. The number of ether oxygens (including phenoxy) is 2. The van der Waals surface area contributed by atoms with Crippen LogP contribution in [0.25, 0.3) is 6.08 Å². The maximum Gasteiger partial charge on any atom is 0.270 e. The molecule has 1 aromatic carbocycles. The summed E-state index contributed by atoms with van der Waals surface area (Å²) in [5, 5.41) is 0. The highest BCUT2D eigenvalue weighted by atomic mass is 32.1. The van der Waals surface area contributed by atoms with Gasteiger partial charge in [0.05, 0.1) is 4.53 Å². The van der Waals surface area contributed by atoms with Crippen molar-refractivity contribution >= 4 is 17.4 Å². The summed E-state index contributed by atoms with van der Waals surface area (Å²) in [6.45, 7) is 1.83. The minimum atomic E-state index is 0.0473. The van der Waals surface area contributed by atoms with Gasteiger partial charge in [0, 0.05) is 13.1 Å². The summed E-state index contributed by atoms with van der Waals surface area (Å²) in [7, 11) is 0. The molecule has 102 valence electrons. The van der Waals surface area contributed by atoms with Gasteiger partial charge in [0.15, 0.2) is 16.3 Å². The number of rotatable bonds is 1. The predicted molar refractivity (Wildman–Crippen MR) is 75.0 cm³/mol. The molecule has 0 aliphatic carbocycles. The number of aromatic nitrogens is 1. The summed E-state index contributed by atoms with van der Waals surface area (Å²) >= 11 is 1.45. The SMILES string of the molecule is O=c1/c(=C/c2ccc3c(c2)OCO3)sc2n1CCCN=2. The summed E-state index contributed by atoms with van der Waals surface area (Å²) in [4.78, 5) is 17.5. The van der Waals surface area contributed by atoms with Crippen molar-refractivity contribution in [2.75, 3.05) is 13.3 Å². The number of hydrogen-bond donors (Lipinski definition) is 0. The molecule has 0 spiro atoms. The van der Waals surface area contributed by atoms with Crippen LogP contribution in [0.2, 0.25) is 0 Å². The summed E-state index contributed by atoms with van der Waals surface area (Å²) in [5.74, 6) is 1.48. The van der Waals surface area contributed by atoms with E-state index in [-0.39, 0.29) is 12.4 Å². The molecule has 6 heteroatoms. The van der Waals surface area contributed by atoms with Crippen LogP contribution in [-0.2, 0) is 6.54 Å². The van der Waals surface area contributed by atoms with E-state index < -0.39 is 0 Å². The van der Waals surface area contributed by atoms with Crippen LogP contribution in [0.4, 0.5) is 0 Å².